The maximum Gasteiger partial charge on any atom is 0.434 e. The fraction of sp³-hybridized carbons (Fsp3) is 0.211. The molecule has 3 rings (SSSR count). The topological polar surface area (TPSA) is 76.6 Å². The largest absolute Gasteiger partial charge is 0.497 e. The smallest absolute Gasteiger partial charge is 0.434 e. The van der Waals surface area contributed by atoms with Crippen molar-refractivity contribution in [3.63, 3.8) is 0 Å². The van der Waals surface area contributed by atoms with Crippen LogP contribution >= 0.6 is 0 Å². The summed E-state index contributed by atoms with van der Waals surface area (Å²) in [5.41, 5.74) is -2.87. The van der Waals surface area contributed by atoms with E-state index in [0.29, 0.717) is 5.75 Å². The Morgan fingerprint density at radius 1 is 1.18 bits per heavy atom. The van der Waals surface area contributed by atoms with Gasteiger partial charge in [-0.05, 0) is 30.7 Å². The van der Waals surface area contributed by atoms with Crippen molar-refractivity contribution in [3.05, 3.63) is 58.6 Å². The van der Waals surface area contributed by atoms with Crippen LogP contribution in [0.5, 0.6) is 11.5 Å². The number of hydrogen-bond acceptors (Lipinski definition) is 5. The van der Waals surface area contributed by atoms with Crippen molar-refractivity contribution in [3.8, 4) is 28.7 Å². The maximum absolute atomic E-state index is 13.6. The lowest BCUT2D eigenvalue weighted by atomic mass is 10.0. The molecule has 0 bridgehead atoms. The maximum atomic E-state index is 13.6. The molecule has 0 aliphatic heterocycles. The Labute approximate surface area is 157 Å². The number of nitriles is 1. The number of aromatic nitrogens is 2. The van der Waals surface area contributed by atoms with E-state index in [0.717, 1.165) is 4.40 Å². The Morgan fingerprint density at radius 2 is 1.86 bits per heavy atom. The van der Waals surface area contributed by atoms with Gasteiger partial charge in [0.15, 0.2) is 11.8 Å². The van der Waals surface area contributed by atoms with Gasteiger partial charge in [-0.25, -0.2) is 4.98 Å². The van der Waals surface area contributed by atoms with Crippen molar-refractivity contribution in [2.75, 3.05) is 7.11 Å². The second kappa shape index (κ2) is 7.23. The molecule has 0 saturated heterocycles. The molecule has 0 aliphatic rings. The van der Waals surface area contributed by atoms with Crippen LogP contribution in [0.25, 0.3) is 16.8 Å². The number of alkyl halides is 3. The number of halogens is 3. The zero-order chi connectivity index (χ0) is 20.5. The number of pyridine rings is 1. The summed E-state index contributed by atoms with van der Waals surface area (Å²) in [5.74, 6) is 0.575. The number of nitrogens with zero attached hydrogens (tertiary/aromatic N) is 3. The van der Waals surface area contributed by atoms with Gasteiger partial charge in [0.25, 0.3) is 5.56 Å². The minimum Gasteiger partial charge on any atom is -0.497 e. The fourth-order valence-electron chi connectivity index (χ4n) is 2.64. The van der Waals surface area contributed by atoms with Crippen molar-refractivity contribution < 1.29 is 22.6 Å². The van der Waals surface area contributed by atoms with E-state index < -0.39 is 29.1 Å². The van der Waals surface area contributed by atoms with Crippen LogP contribution in [-0.2, 0) is 6.18 Å². The summed E-state index contributed by atoms with van der Waals surface area (Å²) >= 11 is 0. The number of hydrogen-bond donors (Lipinski definition) is 0. The SMILES string of the molecule is COc1ccn2c(=O)c(-c3ccc(OC(C)C#N)cc3)c(C(F)(F)F)nc2c1. The molecule has 28 heavy (non-hydrogen) atoms. The Morgan fingerprint density at radius 3 is 2.43 bits per heavy atom. The van der Waals surface area contributed by atoms with Crippen LogP contribution in [0.3, 0.4) is 0 Å². The molecule has 3 aromatic rings. The van der Waals surface area contributed by atoms with Crippen molar-refractivity contribution in [1.29, 1.82) is 5.26 Å². The average molecular weight is 389 g/mol. The third-order valence-corrected chi connectivity index (χ3v) is 3.94. The van der Waals surface area contributed by atoms with Gasteiger partial charge < -0.3 is 9.47 Å². The third-order valence-electron chi connectivity index (χ3n) is 3.94. The minimum atomic E-state index is -4.84. The van der Waals surface area contributed by atoms with Crippen molar-refractivity contribution in [2.24, 2.45) is 0 Å². The van der Waals surface area contributed by atoms with Crippen LogP contribution in [0, 0.1) is 11.3 Å². The molecule has 0 spiro atoms. The molecular formula is C19H14F3N3O3. The minimum absolute atomic E-state index is 0.0343. The highest BCUT2D eigenvalue weighted by molar-refractivity contribution is 5.68. The van der Waals surface area contributed by atoms with Crippen molar-refractivity contribution in [2.45, 2.75) is 19.2 Å². The lowest BCUT2D eigenvalue weighted by molar-refractivity contribution is -0.140. The summed E-state index contributed by atoms with van der Waals surface area (Å²) in [4.78, 5) is 16.5. The first-order chi connectivity index (χ1) is 13.2. The normalized spacial score (nSPS) is 12.4. The van der Waals surface area contributed by atoms with E-state index in [4.69, 9.17) is 14.7 Å². The molecule has 1 unspecified atom stereocenters. The van der Waals surface area contributed by atoms with Gasteiger partial charge >= 0.3 is 6.18 Å². The molecule has 2 aromatic heterocycles. The van der Waals surface area contributed by atoms with Crippen LogP contribution < -0.4 is 15.0 Å². The number of methoxy groups -OCH3 is 1. The average Bonchev–Trinajstić information content (AvgIpc) is 2.67. The number of ether oxygens (including phenoxy) is 2. The monoisotopic (exact) mass is 389 g/mol. The first-order valence-electron chi connectivity index (χ1n) is 8.09. The molecule has 0 radical (unpaired) electrons. The van der Waals surface area contributed by atoms with E-state index in [1.807, 2.05) is 6.07 Å². The highest BCUT2D eigenvalue weighted by Gasteiger charge is 2.38. The van der Waals surface area contributed by atoms with E-state index in [1.165, 1.54) is 56.6 Å². The van der Waals surface area contributed by atoms with Gasteiger partial charge in [-0.2, -0.15) is 18.4 Å². The highest BCUT2D eigenvalue weighted by Crippen LogP contribution is 2.35. The summed E-state index contributed by atoms with van der Waals surface area (Å²) in [5, 5.41) is 8.77. The van der Waals surface area contributed by atoms with Crippen LogP contribution in [0.1, 0.15) is 12.6 Å². The van der Waals surface area contributed by atoms with Crippen LogP contribution in [0.15, 0.2) is 47.4 Å². The van der Waals surface area contributed by atoms with E-state index >= 15 is 0 Å². The Kier molecular flexibility index (Phi) is 4.96. The van der Waals surface area contributed by atoms with Gasteiger partial charge in [0.2, 0.25) is 0 Å². The molecule has 0 N–H and O–H groups in total. The lowest BCUT2D eigenvalue weighted by Crippen LogP contribution is -2.24. The zero-order valence-electron chi connectivity index (χ0n) is 14.8. The lowest BCUT2D eigenvalue weighted by Gasteiger charge is -2.14. The van der Waals surface area contributed by atoms with Gasteiger partial charge in [-0.1, -0.05) is 12.1 Å². The molecule has 1 aromatic carbocycles. The van der Waals surface area contributed by atoms with Crippen LogP contribution in [-0.4, -0.2) is 22.6 Å². The molecule has 0 fully saturated rings. The predicted molar refractivity (Wildman–Crippen MR) is 94.2 cm³/mol. The molecule has 144 valence electrons. The number of fused-ring (bicyclic) bond motifs is 1. The second-order valence-corrected chi connectivity index (χ2v) is 5.85. The molecular weight excluding hydrogens is 375 g/mol. The van der Waals surface area contributed by atoms with Gasteiger partial charge in [-0.3, -0.25) is 9.20 Å². The van der Waals surface area contributed by atoms with Crippen LogP contribution in [0.4, 0.5) is 13.2 Å². The molecule has 9 heteroatoms. The summed E-state index contributed by atoms with van der Waals surface area (Å²) in [7, 11) is 1.36. The molecule has 0 aliphatic carbocycles. The van der Waals surface area contributed by atoms with Gasteiger partial charge in [-0.15, -0.1) is 0 Å². The molecule has 2 heterocycles. The molecule has 0 saturated carbocycles. The van der Waals surface area contributed by atoms with Crippen molar-refractivity contribution in [1.82, 2.24) is 9.38 Å². The van der Waals surface area contributed by atoms with Gasteiger partial charge in [0.05, 0.1) is 12.7 Å². The first-order valence-corrected chi connectivity index (χ1v) is 8.09. The summed E-state index contributed by atoms with van der Waals surface area (Å²) in [6.07, 6.45) is -4.25. The third kappa shape index (κ3) is 3.62. The first kappa shape index (κ1) is 19.2. The van der Waals surface area contributed by atoms with Gasteiger partial charge in [0, 0.05) is 12.3 Å². The van der Waals surface area contributed by atoms with E-state index in [1.54, 1.807) is 0 Å². The Balaban J connectivity index is 2.20. The van der Waals surface area contributed by atoms with E-state index in [-0.39, 0.29) is 17.0 Å². The number of benzene rings is 1. The Bertz CT molecular complexity index is 1120. The van der Waals surface area contributed by atoms with E-state index in [9.17, 15) is 18.0 Å². The van der Waals surface area contributed by atoms with Crippen molar-refractivity contribution >= 4 is 5.65 Å². The molecule has 0 amide bonds. The predicted octanol–water partition coefficient (Wildman–Crippen LogP) is 3.68. The number of rotatable bonds is 4. The zero-order valence-corrected chi connectivity index (χ0v) is 14.8. The summed E-state index contributed by atoms with van der Waals surface area (Å²) in [6, 6.07) is 10.0. The van der Waals surface area contributed by atoms with Gasteiger partial charge in [0.1, 0.15) is 23.2 Å². The summed E-state index contributed by atoms with van der Waals surface area (Å²) < 4.78 is 52.1. The standard InChI is InChI=1S/C19H14F3N3O3/c1-11(10-23)28-13-5-3-12(4-6-13)16-17(19(20,21)22)24-15-9-14(27-2)7-8-25(15)18(16)26/h3-9,11H,1-2H3. The summed E-state index contributed by atoms with van der Waals surface area (Å²) in [6.45, 7) is 1.53. The van der Waals surface area contributed by atoms with Crippen LogP contribution in [0.2, 0.25) is 0 Å². The second-order valence-electron chi connectivity index (χ2n) is 5.85. The fourth-order valence-corrected chi connectivity index (χ4v) is 2.64. The quantitative estimate of drug-likeness (QED) is 0.680. The molecule has 1 atom stereocenters. The highest BCUT2D eigenvalue weighted by atomic mass is 19.4. The van der Waals surface area contributed by atoms with E-state index in [2.05, 4.69) is 4.98 Å². The molecule has 6 nitrogen and oxygen atoms in total. The Hall–Kier alpha value is -3.54.